The highest BCUT2D eigenvalue weighted by Gasteiger charge is 2.28. The highest BCUT2D eigenvalue weighted by atomic mass is 35.5. The third kappa shape index (κ3) is 4.21. The van der Waals surface area contributed by atoms with Crippen molar-refractivity contribution in [3.05, 3.63) is 28.8 Å². The van der Waals surface area contributed by atoms with Crippen molar-refractivity contribution in [2.45, 2.75) is 17.7 Å². The Morgan fingerprint density at radius 1 is 1.35 bits per heavy atom. The number of nitrogens with zero attached hydrogens (tertiary/aromatic N) is 2. The van der Waals surface area contributed by atoms with Crippen molar-refractivity contribution >= 4 is 39.4 Å². The summed E-state index contributed by atoms with van der Waals surface area (Å²) in [5.41, 5.74) is -0.113. The predicted octanol–water partition coefficient (Wildman–Crippen LogP) is 0.828. The zero-order valence-electron chi connectivity index (χ0n) is 14.1. The molecule has 1 saturated heterocycles. The highest BCUT2D eigenvalue weighted by Crippen LogP contribution is 2.25. The summed E-state index contributed by atoms with van der Waals surface area (Å²) in [6.45, 7) is -0.324. The molecule has 1 aromatic rings. The summed E-state index contributed by atoms with van der Waals surface area (Å²) in [5.74, 6) is -1.85. The SMILES string of the molecule is CON(C)S(=O)(=O)c1cc(C(=O)OCC(=O)N2CCCC2=O)ccc1Cl. The van der Waals surface area contributed by atoms with E-state index in [0.29, 0.717) is 17.4 Å². The summed E-state index contributed by atoms with van der Waals surface area (Å²) >= 11 is 5.90. The molecule has 0 spiro atoms. The molecule has 0 aliphatic carbocycles. The molecule has 0 N–H and O–H groups in total. The van der Waals surface area contributed by atoms with Crippen LogP contribution in [0.25, 0.3) is 0 Å². The van der Waals surface area contributed by atoms with Crippen LogP contribution in [0.5, 0.6) is 0 Å². The van der Waals surface area contributed by atoms with Gasteiger partial charge in [-0.05, 0) is 24.6 Å². The number of imide groups is 1. The van der Waals surface area contributed by atoms with Gasteiger partial charge in [0.15, 0.2) is 6.61 Å². The first-order valence-electron chi connectivity index (χ1n) is 7.51. The summed E-state index contributed by atoms with van der Waals surface area (Å²) < 4.78 is 30.1. The predicted molar refractivity (Wildman–Crippen MR) is 89.6 cm³/mol. The molecule has 1 heterocycles. The van der Waals surface area contributed by atoms with Crippen molar-refractivity contribution in [2.24, 2.45) is 0 Å². The lowest BCUT2D eigenvalue weighted by molar-refractivity contribution is -0.143. The molecule has 1 fully saturated rings. The number of hydrogen-bond acceptors (Lipinski definition) is 7. The number of amides is 2. The number of esters is 1. The van der Waals surface area contributed by atoms with Crippen LogP contribution in [0.4, 0.5) is 0 Å². The molecule has 2 rings (SSSR count). The zero-order valence-corrected chi connectivity index (χ0v) is 15.7. The molecular weight excluding hydrogens is 388 g/mol. The third-order valence-electron chi connectivity index (χ3n) is 3.74. The topological polar surface area (TPSA) is 110 Å². The van der Waals surface area contributed by atoms with Crippen LogP contribution < -0.4 is 0 Å². The number of rotatable bonds is 6. The second-order valence-electron chi connectivity index (χ2n) is 5.36. The lowest BCUT2D eigenvalue weighted by Gasteiger charge is -2.16. The normalized spacial score (nSPS) is 14.8. The van der Waals surface area contributed by atoms with E-state index in [2.05, 4.69) is 4.84 Å². The molecule has 9 nitrogen and oxygen atoms in total. The van der Waals surface area contributed by atoms with Crippen LogP contribution in [0.2, 0.25) is 5.02 Å². The summed E-state index contributed by atoms with van der Waals surface area (Å²) in [5, 5.41) is -0.107. The number of sulfonamides is 1. The summed E-state index contributed by atoms with van der Waals surface area (Å²) in [6, 6.07) is 3.52. The fourth-order valence-electron chi connectivity index (χ4n) is 2.27. The second kappa shape index (κ2) is 8.12. The molecule has 11 heteroatoms. The zero-order chi connectivity index (χ0) is 19.5. The number of halogens is 1. The van der Waals surface area contributed by atoms with Crippen LogP contribution in [0.3, 0.4) is 0 Å². The van der Waals surface area contributed by atoms with E-state index in [1.165, 1.54) is 19.2 Å². The average Bonchev–Trinajstić information content (AvgIpc) is 3.04. The maximum absolute atomic E-state index is 12.3. The van der Waals surface area contributed by atoms with Gasteiger partial charge >= 0.3 is 5.97 Å². The Morgan fingerprint density at radius 2 is 2.04 bits per heavy atom. The van der Waals surface area contributed by atoms with Crippen molar-refractivity contribution in [3.8, 4) is 0 Å². The Labute approximate surface area is 155 Å². The third-order valence-corrected chi connectivity index (χ3v) is 5.90. The van der Waals surface area contributed by atoms with E-state index in [1.807, 2.05) is 0 Å². The fourth-order valence-corrected chi connectivity index (χ4v) is 3.74. The van der Waals surface area contributed by atoms with Gasteiger partial charge in [0.25, 0.3) is 15.9 Å². The minimum Gasteiger partial charge on any atom is -0.452 e. The number of hydrogen-bond donors (Lipinski definition) is 0. The van der Waals surface area contributed by atoms with Crippen molar-refractivity contribution < 1.29 is 32.4 Å². The van der Waals surface area contributed by atoms with Crippen molar-refractivity contribution in [1.82, 2.24) is 9.37 Å². The standard InChI is InChI=1S/C15H17ClN2O7S/c1-17(24-2)26(22,23)12-8-10(5-6-11(12)16)15(21)25-9-14(20)18-7-3-4-13(18)19/h5-6,8H,3-4,7,9H2,1-2H3. The summed E-state index contributed by atoms with van der Waals surface area (Å²) in [7, 11) is -1.75. The first kappa shape index (κ1) is 20.3. The number of benzene rings is 1. The number of hydroxylamine groups is 1. The van der Waals surface area contributed by atoms with Gasteiger partial charge in [-0.1, -0.05) is 16.1 Å². The Morgan fingerprint density at radius 3 is 2.62 bits per heavy atom. The van der Waals surface area contributed by atoms with Gasteiger partial charge in [0.1, 0.15) is 4.90 Å². The first-order valence-corrected chi connectivity index (χ1v) is 9.33. The molecule has 1 aromatic carbocycles. The van der Waals surface area contributed by atoms with E-state index in [9.17, 15) is 22.8 Å². The average molecular weight is 405 g/mol. The Balaban J connectivity index is 2.14. The van der Waals surface area contributed by atoms with E-state index in [4.69, 9.17) is 16.3 Å². The minimum absolute atomic E-state index is 0.107. The minimum atomic E-state index is -4.08. The van der Waals surface area contributed by atoms with Crippen LogP contribution in [0.15, 0.2) is 23.1 Å². The molecule has 26 heavy (non-hydrogen) atoms. The maximum Gasteiger partial charge on any atom is 0.338 e. The second-order valence-corrected chi connectivity index (χ2v) is 7.67. The number of ether oxygens (including phenoxy) is 1. The lowest BCUT2D eigenvalue weighted by Crippen LogP contribution is -2.35. The van der Waals surface area contributed by atoms with Crippen molar-refractivity contribution in [3.63, 3.8) is 0 Å². The van der Waals surface area contributed by atoms with E-state index < -0.39 is 28.5 Å². The molecular formula is C15H17ClN2O7S. The molecule has 1 aliphatic heterocycles. The van der Waals surface area contributed by atoms with E-state index >= 15 is 0 Å². The summed E-state index contributed by atoms with van der Waals surface area (Å²) in [4.78, 5) is 40.8. The largest absolute Gasteiger partial charge is 0.452 e. The van der Waals surface area contributed by atoms with Crippen molar-refractivity contribution in [2.75, 3.05) is 27.3 Å². The molecule has 0 bridgehead atoms. The van der Waals surface area contributed by atoms with Crippen LogP contribution in [-0.2, 0) is 29.2 Å². The van der Waals surface area contributed by atoms with E-state index in [0.717, 1.165) is 18.1 Å². The Hall–Kier alpha value is -2.01. The van der Waals surface area contributed by atoms with Gasteiger partial charge in [0.05, 0.1) is 17.7 Å². The van der Waals surface area contributed by atoms with Gasteiger partial charge in [0, 0.05) is 20.0 Å². The quantitative estimate of drug-likeness (QED) is 0.510. The molecule has 0 atom stereocenters. The molecule has 1 aliphatic rings. The van der Waals surface area contributed by atoms with E-state index in [1.54, 1.807) is 0 Å². The van der Waals surface area contributed by atoms with Gasteiger partial charge in [-0.25, -0.2) is 13.2 Å². The van der Waals surface area contributed by atoms with E-state index in [-0.39, 0.29) is 27.8 Å². The molecule has 2 amide bonds. The van der Waals surface area contributed by atoms with Gasteiger partial charge in [-0.2, -0.15) is 0 Å². The maximum atomic E-state index is 12.3. The van der Waals surface area contributed by atoms with Crippen molar-refractivity contribution in [1.29, 1.82) is 0 Å². The molecule has 0 saturated carbocycles. The Kier molecular flexibility index (Phi) is 6.34. The van der Waals surface area contributed by atoms with Gasteiger partial charge in [-0.3, -0.25) is 19.3 Å². The van der Waals surface area contributed by atoms with Crippen LogP contribution >= 0.6 is 11.6 Å². The number of likely N-dealkylation sites (tertiary alicyclic amines) is 1. The molecule has 0 radical (unpaired) electrons. The molecule has 0 unspecified atom stereocenters. The highest BCUT2D eigenvalue weighted by molar-refractivity contribution is 7.89. The van der Waals surface area contributed by atoms with Gasteiger partial charge < -0.3 is 4.74 Å². The van der Waals surface area contributed by atoms with Crippen LogP contribution in [-0.4, -0.2) is 62.9 Å². The first-order chi connectivity index (χ1) is 12.2. The van der Waals surface area contributed by atoms with Crippen LogP contribution in [0.1, 0.15) is 23.2 Å². The Bertz CT molecular complexity index is 840. The number of carbonyl (C=O) groups is 3. The van der Waals surface area contributed by atoms with Crippen LogP contribution in [0, 0.1) is 0 Å². The fraction of sp³-hybridized carbons (Fsp3) is 0.400. The molecule has 0 aromatic heterocycles. The molecule has 142 valence electrons. The number of carbonyl (C=O) groups excluding carboxylic acids is 3. The van der Waals surface area contributed by atoms with Gasteiger partial charge in [-0.15, -0.1) is 0 Å². The lowest BCUT2D eigenvalue weighted by atomic mass is 10.2. The van der Waals surface area contributed by atoms with Gasteiger partial charge in [0.2, 0.25) is 5.91 Å². The monoisotopic (exact) mass is 404 g/mol. The summed E-state index contributed by atoms with van der Waals surface area (Å²) in [6.07, 6.45) is 0.856. The smallest absolute Gasteiger partial charge is 0.338 e.